The highest BCUT2D eigenvalue weighted by Gasteiger charge is 2.21. The first kappa shape index (κ1) is 12.3. The first-order valence-corrected chi connectivity index (χ1v) is 4.25. The largest absolute Gasteiger partial charge is 0.457 e. The molecule has 78 valence electrons. The number of aliphatic hydroxyl groups is 3. The lowest BCUT2D eigenvalue weighted by atomic mass is 10.2. The van der Waals surface area contributed by atoms with Crippen LogP contribution < -0.4 is 0 Å². The van der Waals surface area contributed by atoms with E-state index in [1.165, 1.54) is 0 Å². The maximum atomic E-state index is 10.9. The van der Waals surface area contributed by atoms with E-state index in [4.69, 9.17) is 20.1 Å². The van der Waals surface area contributed by atoms with Crippen LogP contribution in [0.1, 0.15) is 19.8 Å². The van der Waals surface area contributed by atoms with E-state index in [1.807, 2.05) is 6.92 Å². The van der Waals surface area contributed by atoms with Crippen LogP contribution in [0.4, 0.5) is 0 Å². The zero-order valence-electron chi connectivity index (χ0n) is 7.64. The molecule has 0 aliphatic carbocycles. The minimum atomic E-state index is -1.22. The molecule has 2 unspecified atom stereocenters. The SMILES string of the molecule is CCCC(=O)OC(CO)C(O)CO. The van der Waals surface area contributed by atoms with Crippen molar-refractivity contribution in [2.24, 2.45) is 0 Å². The van der Waals surface area contributed by atoms with Gasteiger partial charge in [0.15, 0.2) is 6.10 Å². The summed E-state index contributed by atoms with van der Waals surface area (Å²) in [4.78, 5) is 10.9. The second-order valence-electron chi connectivity index (χ2n) is 2.71. The van der Waals surface area contributed by atoms with Crippen LogP contribution in [-0.2, 0) is 9.53 Å². The molecule has 0 aliphatic rings. The van der Waals surface area contributed by atoms with E-state index in [0.717, 1.165) is 0 Å². The fourth-order valence-electron chi connectivity index (χ4n) is 0.787. The third kappa shape index (κ3) is 4.82. The molecule has 0 rings (SSSR count). The average molecular weight is 192 g/mol. The number of hydrogen-bond donors (Lipinski definition) is 3. The van der Waals surface area contributed by atoms with Crippen molar-refractivity contribution in [2.45, 2.75) is 32.0 Å². The molecular weight excluding hydrogens is 176 g/mol. The lowest BCUT2D eigenvalue weighted by Crippen LogP contribution is -2.36. The van der Waals surface area contributed by atoms with Crippen molar-refractivity contribution in [3.63, 3.8) is 0 Å². The van der Waals surface area contributed by atoms with Crippen LogP contribution in [0.25, 0.3) is 0 Å². The number of ether oxygens (including phenoxy) is 1. The standard InChI is InChI=1S/C8H16O5/c1-2-3-8(12)13-7(5-10)6(11)4-9/h6-7,9-11H,2-5H2,1H3. The molecule has 0 bridgehead atoms. The Kier molecular flexibility index (Phi) is 6.48. The van der Waals surface area contributed by atoms with E-state index in [0.29, 0.717) is 6.42 Å². The molecule has 0 saturated carbocycles. The van der Waals surface area contributed by atoms with Gasteiger partial charge in [-0.3, -0.25) is 4.79 Å². The van der Waals surface area contributed by atoms with Gasteiger partial charge in [0.2, 0.25) is 0 Å². The van der Waals surface area contributed by atoms with Gasteiger partial charge in [0.25, 0.3) is 0 Å². The minimum absolute atomic E-state index is 0.245. The van der Waals surface area contributed by atoms with E-state index in [9.17, 15) is 4.79 Å². The molecule has 0 spiro atoms. The van der Waals surface area contributed by atoms with Crippen LogP contribution in [-0.4, -0.2) is 46.7 Å². The zero-order valence-corrected chi connectivity index (χ0v) is 7.64. The Hall–Kier alpha value is -0.650. The second kappa shape index (κ2) is 6.82. The average Bonchev–Trinajstić information content (AvgIpc) is 2.13. The molecular formula is C8H16O5. The predicted molar refractivity (Wildman–Crippen MR) is 45.0 cm³/mol. The van der Waals surface area contributed by atoms with Gasteiger partial charge < -0.3 is 20.1 Å². The summed E-state index contributed by atoms with van der Waals surface area (Å²) in [5, 5.41) is 26.3. The Morgan fingerprint density at radius 1 is 1.38 bits per heavy atom. The van der Waals surface area contributed by atoms with Crippen molar-refractivity contribution in [2.75, 3.05) is 13.2 Å². The Balaban J connectivity index is 3.89. The van der Waals surface area contributed by atoms with Crippen molar-refractivity contribution < 1.29 is 24.9 Å². The van der Waals surface area contributed by atoms with Gasteiger partial charge in [-0.1, -0.05) is 6.92 Å². The molecule has 0 aromatic rings. The molecule has 0 heterocycles. The predicted octanol–water partition coefficient (Wildman–Crippen LogP) is -0.956. The van der Waals surface area contributed by atoms with E-state index in [2.05, 4.69) is 0 Å². The topological polar surface area (TPSA) is 87.0 Å². The first-order valence-electron chi connectivity index (χ1n) is 4.25. The monoisotopic (exact) mass is 192 g/mol. The highest BCUT2D eigenvalue weighted by Crippen LogP contribution is 2.02. The summed E-state index contributed by atoms with van der Waals surface area (Å²) in [6, 6.07) is 0. The molecule has 5 nitrogen and oxygen atoms in total. The number of carbonyl (C=O) groups excluding carboxylic acids is 1. The van der Waals surface area contributed by atoms with Crippen LogP contribution in [0.2, 0.25) is 0 Å². The summed E-state index contributed by atoms with van der Waals surface area (Å²) >= 11 is 0. The van der Waals surface area contributed by atoms with E-state index in [-0.39, 0.29) is 6.42 Å². The van der Waals surface area contributed by atoms with Crippen LogP contribution in [0.5, 0.6) is 0 Å². The lowest BCUT2D eigenvalue weighted by molar-refractivity contribution is -0.159. The van der Waals surface area contributed by atoms with Gasteiger partial charge in [-0.25, -0.2) is 0 Å². The molecule has 5 heteroatoms. The van der Waals surface area contributed by atoms with Gasteiger partial charge in [0.05, 0.1) is 13.2 Å². The number of carbonyl (C=O) groups is 1. The fraction of sp³-hybridized carbons (Fsp3) is 0.875. The lowest BCUT2D eigenvalue weighted by Gasteiger charge is -2.19. The molecule has 0 radical (unpaired) electrons. The molecule has 0 amide bonds. The molecule has 0 aromatic heterocycles. The van der Waals surface area contributed by atoms with E-state index < -0.39 is 31.4 Å². The van der Waals surface area contributed by atoms with Crippen molar-refractivity contribution in [1.82, 2.24) is 0 Å². The van der Waals surface area contributed by atoms with Crippen LogP contribution >= 0.6 is 0 Å². The molecule has 0 saturated heterocycles. The summed E-state index contributed by atoms with van der Waals surface area (Å²) in [6.07, 6.45) is -1.35. The first-order chi connectivity index (χ1) is 6.15. The summed E-state index contributed by atoms with van der Waals surface area (Å²) in [6.45, 7) is 0.791. The molecule has 13 heavy (non-hydrogen) atoms. The fourth-order valence-corrected chi connectivity index (χ4v) is 0.787. The summed E-state index contributed by atoms with van der Waals surface area (Å²) in [7, 11) is 0. The molecule has 3 N–H and O–H groups in total. The van der Waals surface area contributed by atoms with Crippen LogP contribution in [0, 0.1) is 0 Å². The third-order valence-corrected chi connectivity index (χ3v) is 1.53. The second-order valence-corrected chi connectivity index (χ2v) is 2.71. The number of rotatable bonds is 6. The van der Waals surface area contributed by atoms with Crippen LogP contribution in [0.15, 0.2) is 0 Å². The number of esters is 1. The summed E-state index contributed by atoms with van der Waals surface area (Å²) in [5.41, 5.74) is 0. The summed E-state index contributed by atoms with van der Waals surface area (Å²) in [5.74, 6) is -0.478. The maximum Gasteiger partial charge on any atom is 0.306 e. The quantitative estimate of drug-likeness (QED) is 0.472. The Morgan fingerprint density at radius 3 is 2.38 bits per heavy atom. The van der Waals surface area contributed by atoms with Gasteiger partial charge in [-0.05, 0) is 6.42 Å². The molecule has 2 atom stereocenters. The highest BCUT2D eigenvalue weighted by molar-refractivity contribution is 5.69. The Bertz CT molecular complexity index is 147. The highest BCUT2D eigenvalue weighted by atomic mass is 16.6. The van der Waals surface area contributed by atoms with E-state index >= 15 is 0 Å². The van der Waals surface area contributed by atoms with Gasteiger partial charge >= 0.3 is 5.97 Å². The van der Waals surface area contributed by atoms with Crippen LogP contribution in [0.3, 0.4) is 0 Å². The van der Waals surface area contributed by atoms with Gasteiger partial charge in [0.1, 0.15) is 6.10 Å². The number of hydrogen-bond acceptors (Lipinski definition) is 5. The number of aliphatic hydroxyl groups excluding tert-OH is 3. The van der Waals surface area contributed by atoms with E-state index in [1.54, 1.807) is 0 Å². The third-order valence-electron chi connectivity index (χ3n) is 1.53. The van der Waals surface area contributed by atoms with Gasteiger partial charge in [-0.15, -0.1) is 0 Å². The molecule has 0 fully saturated rings. The maximum absolute atomic E-state index is 10.9. The zero-order chi connectivity index (χ0) is 10.3. The van der Waals surface area contributed by atoms with Gasteiger partial charge in [-0.2, -0.15) is 0 Å². The summed E-state index contributed by atoms with van der Waals surface area (Å²) < 4.78 is 4.69. The Labute approximate surface area is 77.0 Å². The normalized spacial score (nSPS) is 15.1. The van der Waals surface area contributed by atoms with Gasteiger partial charge in [0, 0.05) is 6.42 Å². The van der Waals surface area contributed by atoms with Crippen molar-refractivity contribution in [3.05, 3.63) is 0 Å². The van der Waals surface area contributed by atoms with Crippen molar-refractivity contribution >= 4 is 5.97 Å². The van der Waals surface area contributed by atoms with Crippen molar-refractivity contribution in [1.29, 1.82) is 0 Å². The molecule has 0 aromatic carbocycles. The van der Waals surface area contributed by atoms with Crippen molar-refractivity contribution in [3.8, 4) is 0 Å². The Morgan fingerprint density at radius 2 is 2.00 bits per heavy atom. The smallest absolute Gasteiger partial charge is 0.306 e. The molecule has 0 aliphatic heterocycles. The minimum Gasteiger partial charge on any atom is -0.457 e.